The van der Waals surface area contributed by atoms with Crippen molar-refractivity contribution in [1.29, 1.82) is 0 Å². The van der Waals surface area contributed by atoms with E-state index in [0.717, 1.165) is 0 Å². The third-order valence-corrected chi connectivity index (χ3v) is 3.97. The molecule has 0 saturated heterocycles. The molecular weight excluding hydrogens is 317 g/mol. The molecule has 2 aromatic rings. The predicted molar refractivity (Wildman–Crippen MR) is 76.6 cm³/mol. The van der Waals surface area contributed by atoms with Gasteiger partial charge in [-0.1, -0.05) is 23.2 Å². The van der Waals surface area contributed by atoms with Crippen molar-refractivity contribution in [1.82, 2.24) is 0 Å². The summed E-state index contributed by atoms with van der Waals surface area (Å²) in [5.74, 6) is -1.20. The van der Waals surface area contributed by atoms with Gasteiger partial charge >= 0.3 is 0 Å². The molecule has 1 aliphatic rings. The SMILES string of the molecule is O=C(C[C@@]1(O)C(=O)Nc2c(Cl)ccc(Cl)c21)c1ccco1. The molecule has 21 heavy (non-hydrogen) atoms. The van der Waals surface area contributed by atoms with Gasteiger partial charge < -0.3 is 14.8 Å². The van der Waals surface area contributed by atoms with E-state index >= 15 is 0 Å². The van der Waals surface area contributed by atoms with E-state index in [1.165, 1.54) is 24.5 Å². The van der Waals surface area contributed by atoms with Gasteiger partial charge in [0, 0.05) is 10.6 Å². The second kappa shape index (κ2) is 4.87. The lowest BCUT2D eigenvalue weighted by molar-refractivity contribution is -0.133. The molecule has 0 radical (unpaired) electrons. The van der Waals surface area contributed by atoms with Crippen LogP contribution >= 0.6 is 23.2 Å². The first-order valence-corrected chi connectivity index (χ1v) is 6.78. The quantitative estimate of drug-likeness (QED) is 0.850. The van der Waals surface area contributed by atoms with E-state index in [1.54, 1.807) is 6.07 Å². The highest BCUT2D eigenvalue weighted by molar-refractivity contribution is 6.38. The monoisotopic (exact) mass is 325 g/mol. The summed E-state index contributed by atoms with van der Waals surface area (Å²) in [6, 6.07) is 5.97. The van der Waals surface area contributed by atoms with E-state index in [2.05, 4.69) is 5.32 Å². The summed E-state index contributed by atoms with van der Waals surface area (Å²) < 4.78 is 4.98. The van der Waals surface area contributed by atoms with Crippen molar-refractivity contribution in [3.05, 3.63) is 51.9 Å². The van der Waals surface area contributed by atoms with Crippen LogP contribution < -0.4 is 5.32 Å². The third kappa shape index (κ3) is 2.14. The number of ketones is 1. The summed E-state index contributed by atoms with van der Waals surface area (Å²) in [5.41, 5.74) is -1.73. The fraction of sp³-hybridized carbons (Fsp3) is 0.143. The first-order chi connectivity index (χ1) is 9.93. The summed E-state index contributed by atoms with van der Waals surface area (Å²) in [6.45, 7) is 0. The fourth-order valence-corrected chi connectivity index (χ4v) is 2.85. The van der Waals surface area contributed by atoms with Crippen LogP contribution in [0.1, 0.15) is 22.5 Å². The third-order valence-electron chi connectivity index (χ3n) is 3.34. The Labute approximate surface area is 129 Å². The molecule has 0 saturated carbocycles. The highest BCUT2D eigenvalue weighted by Crippen LogP contribution is 2.46. The number of Topliss-reactive ketones (excluding diaryl/α,β-unsaturated/α-hetero) is 1. The van der Waals surface area contributed by atoms with E-state index in [9.17, 15) is 14.7 Å². The minimum atomic E-state index is -2.07. The Hall–Kier alpha value is -1.82. The number of nitrogens with one attached hydrogen (secondary N) is 1. The molecule has 1 amide bonds. The Kier molecular flexibility index (Phi) is 3.28. The number of carbonyl (C=O) groups is 2. The Morgan fingerprint density at radius 1 is 1.29 bits per heavy atom. The zero-order chi connectivity index (χ0) is 15.2. The Balaban J connectivity index is 2.05. The minimum absolute atomic E-state index is 0.0582. The van der Waals surface area contributed by atoms with Crippen LogP contribution in [0.2, 0.25) is 10.0 Å². The second-order valence-electron chi connectivity index (χ2n) is 4.67. The van der Waals surface area contributed by atoms with Crippen molar-refractivity contribution in [2.24, 2.45) is 0 Å². The average Bonchev–Trinajstić information content (AvgIpc) is 3.03. The maximum absolute atomic E-state index is 12.1. The number of halogens is 2. The lowest BCUT2D eigenvalue weighted by Crippen LogP contribution is -2.36. The van der Waals surface area contributed by atoms with Crippen molar-refractivity contribution in [3.8, 4) is 0 Å². The van der Waals surface area contributed by atoms with Crippen molar-refractivity contribution in [2.75, 3.05) is 5.32 Å². The zero-order valence-corrected chi connectivity index (χ0v) is 12.0. The van der Waals surface area contributed by atoms with Gasteiger partial charge in [0.1, 0.15) is 0 Å². The van der Waals surface area contributed by atoms with Crippen LogP contribution in [0.15, 0.2) is 34.9 Å². The number of furan rings is 1. The van der Waals surface area contributed by atoms with Gasteiger partial charge in [0.15, 0.2) is 11.4 Å². The zero-order valence-electron chi connectivity index (χ0n) is 10.5. The molecule has 0 aliphatic carbocycles. The Bertz CT molecular complexity index is 742. The van der Waals surface area contributed by atoms with Gasteiger partial charge in [0.05, 0.1) is 23.4 Å². The number of fused-ring (bicyclic) bond motifs is 1. The average molecular weight is 326 g/mol. The van der Waals surface area contributed by atoms with Crippen LogP contribution in [0, 0.1) is 0 Å². The topological polar surface area (TPSA) is 79.5 Å². The van der Waals surface area contributed by atoms with Crippen LogP contribution in [0.3, 0.4) is 0 Å². The maximum atomic E-state index is 12.1. The molecule has 2 heterocycles. The normalized spacial score (nSPS) is 20.2. The molecule has 0 spiro atoms. The minimum Gasteiger partial charge on any atom is -0.461 e. The van der Waals surface area contributed by atoms with Gasteiger partial charge in [0.25, 0.3) is 5.91 Å². The van der Waals surface area contributed by atoms with E-state index in [-0.39, 0.29) is 27.1 Å². The van der Waals surface area contributed by atoms with Crippen molar-refractivity contribution >= 4 is 40.6 Å². The van der Waals surface area contributed by atoms with Gasteiger partial charge in [-0.25, -0.2) is 0 Å². The summed E-state index contributed by atoms with van der Waals surface area (Å²) in [6.07, 6.45) is 0.850. The lowest BCUT2D eigenvalue weighted by Gasteiger charge is -2.20. The van der Waals surface area contributed by atoms with Crippen LogP contribution in [-0.4, -0.2) is 16.8 Å². The fourth-order valence-electron chi connectivity index (χ4n) is 2.33. The molecule has 3 rings (SSSR count). The molecule has 1 aromatic carbocycles. The largest absolute Gasteiger partial charge is 0.461 e. The van der Waals surface area contributed by atoms with Gasteiger partial charge in [0.2, 0.25) is 5.78 Å². The number of anilines is 1. The Morgan fingerprint density at radius 3 is 2.67 bits per heavy atom. The highest BCUT2D eigenvalue weighted by Gasteiger charge is 2.49. The molecule has 1 atom stereocenters. The smallest absolute Gasteiger partial charge is 0.261 e. The van der Waals surface area contributed by atoms with Crippen LogP contribution in [0.4, 0.5) is 5.69 Å². The standard InChI is InChI=1S/C14H9Cl2NO4/c15-7-3-4-8(16)12-11(7)14(20,13(19)17-12)6-9(18)10-2-1-5-21-10/h1-5,20H,6H2,(H,17,19)/t14-/m0/s1. The first-order valence-electron chi connectivity index (χ1n) is 6.02. The number of hydrogen-bond acceptors (Lipinski definition) is 4. The van der Waals surface area contributed by atoms with Gasteiger partial charge in [-0.05, 0) is 24.3 Å². The summed E-state index contributed by atoms with van der Waals surface area (Å²) in [4.78, 5) is 24.2. The second-order valence-corrected chi connectivity index (χ2v) is 5.49. The first kappa shape index (κ1) is 14.1. The molecule has 1 aromatic heterocycles. The molecule has 1 aliphatic heterocycles. The molecule has 0 unspecified atom stereocenters. The summed E-state index contributed by atoms with van der Waals surface area (Å²) in [7, 11) is 0. The van der Waals surface area contributed by atoms with Crippen molar-refractivity contribution < 1.29 is 19.1 Å². The van der Waals surface area contributed by atoms with Crippen molar-refractivity contribution in [3.63, 3.8) is 0 Å². The molecule has 2 N–H and O–H groups in total. The number of rotatable bonds is 3. The molecule has 5 nitrogen and oxygen atoms in total. The van der Waals surface area contributed by atoms with Crippen LogP contribution in [-0.2, 0) is 10.4 Å². The van der Waals surface area contributed by atoms with Gasteiger partial charge in [-0.3, -0.25) is 9.59 Å². The van der Waals surface area contributed by atoms with E-state index in [1.807, 2.05) is 0 Å². The molecule has 7 heteroatoms. The number of benzene rings is 1. The maximum Gasteiger partial charge on any atom is 0.261 e. The number of amides is 1. The predicted octanol–water partition coefficient (Wildman–Crippen LogP) is 3.00. The van der Waals surface area contributed by atoms with Gasteiger partial charge in [-0.2, -0.15) is 0 Å². The molecule has 0 bridgehead atoms. The summed E-state index contributed by atoms with van der Waals surface area (Å²) >= 11 is 12.0. The summed E-state index contributed by atoms with van der Waals surface area (Å²) in [5, 5.41) is 13.5. The number of hydrogen-bond donors (Lipinski definition) is 2. The lowest BCUT2D eigenvalue weighted by atomic mass is 9.89. The van der Waals surface area contributed by atoms with E-state index in [4.69, 9.17) is 27.6 Å². The van der Waals surface area contributed by atoms with E-state index < -0.39 is 23.7 Å². The Morgan fingerprint density at radius 2 is 2.00 bits per heavy atom. The van der Waals surface area contributed by atoms with Crippen LogP contribution in [0.25, 0.3) is 0 Å². The van der Waals surface area contributed by atoms with Crippen LogP contribution in [0.5, 0.6) is 0 Å². The molecule has 0 fully saturated rings. The van der Waals surface area contributed by atoms with Crippen molar-refractivity contribution in [2.45, 2.75) is 12.0 Å². The number of carbonyl (C=O) groups excluding carboxylic acids is 2. The molecular formula is C14H9Cl2NO4. The highest BCUT2D eigenvalue weighted by atomic mass is 35.5. The van der Waals surface area contributed by atoms with E-state index in [0.29, 0.717) is 0 Å². The number of aliphatic hydroxyl groups is 1. The van der Waals surface area contributed by atoms with Gasteiger partial charge in [-0.15, -0.1) is 0 Å². The molecule has 108 valence electrons.